The van der Waals surface area contributed by atoms with E-state index in [1.807, 2.05) is 0 Å². The van der Waals surface area contributed by atoms with Crippen LogP contribution in [0, 0.1) is 0 Å². The van der Waals surface area contributed by atoms with E-state index in [0.29, 0.717) is 0 Å². The molecule has 0 saturated carbocycles. The van der Waals surface area contributed by atoms with E-state index in [2.05, 4.69) is 0 Å². The number of rotatable bonds is 5. The molecule has 1 aliphatic heterocycles. The van der Waals surface area contributed by atoms with Crippen LogP contribution in [0.15, 0.2) is 0 Å². The van der Waals surface area contributed by atoms with Gasteiger partial charge in [-0.1, -0.05) is 0 Å². The first kappa shape index (κ1) is 10.9. The minimum Gasteiger partial charge on any atom is -0.394 e. The summed E-state index contributed by atoms with van der Waals surface area (Å²) in [7, 11) is -0.901. The molecule has 6 nitrogen and oxygen atoms in total. The molecule has 0 aliphatic carbocycles. The van der Waals surface area contributed by atoms with E-state index in [1.54, 1.807) is 0 Å². The zero-order chi connectivity index (χ0) is 9.68. The Balaban J connectivity index is 2.22. The van der Waals surface area contributed by atoms with Gasteiger partial charge in [0, 0.05) is 0 Å². The topological polar surface area (TPSA) is 88.4 Å². The van der Waals surface area contributed by atoms with Crippen LogP contribution in [-0.2, 0) is 14.0 Å². The number of aliphatic hydroxyl groups excluding tert-OH is 3. The Morgan fingerprint density at radius 1 is 1.38 bits per heavy atom. The molecular weight excluding hydrogens is 179 g/mol. The molecule has 1 atom stereocenters. The Bertz CT molecular complexity index is 141. The van der Waals surface area contributed by atoms with Crippen molar-refractivity contribution in [3.05, 3.63) is 0 Å². The average Bonchev–Trinajstić information content (AvgIpc) is 2.61. The van der Waals surface area contributed by atoms with Gasteiger partial charge in [0.05, 0.1) is 38.6 Å². The van der Waals surface area contributed by atoms with Crippen LogP contribution < -0.4 is 0 Å². The zero-order valence-electron chi connectivity index (χ0n) is 7.13. The van der Waals surface area contributed by atoms with Gasteiger partial charge in [-0.25, -0.2) is 0 Å². The van der Waals surface area contributed by atoms with E-state index >= 15 is 0 Å². The molecule has 0 amide bonds. The van der Waals surface area contributed by atoms with Crippen LogP contribution in [0.3, 0.4) is 0 Å². The third-order valence-electron chi connectivity index (χ3n) is 1.64. The highest BCUT2D eigenvalue weighted by Gasteiger charge is 2.35. The van der Waals surface area contributed by atoms with Crippen LogP contribution in [0.25, 0.3) is 0 Å². The molecule has 13 heavy (non-hydrogen) atoms. The molecule has 7 heteroatoms. The summed E-state index contributed by atoms with van der Waals surface area (Å²) in [6, 6.07) is 0. The highest BCUT2D eigenvalue weighted by molar-refractivity contribution is 6.37. The fourth-order valence-electron chi connectivity index (χ4n) is 0.890. The van der Waals surface area contributed by atoms with Gasteiger partial charge in [0.25, 0.3) is 0 Å². The van der Waals surface area contributed by atoms with E-state index in [9.17, 15) is 0 Å². The number of aliphatic hydroxyl groups is 3. The Morgan fingerprint density at radius 3 is 2.54 bits per heavy atom. The lowest BCUT2D eigenvalue weighted by Gasteiger charge is -2.13. The van der Waals surface area contributed by atoms with E-state index in [1.165, 1.54) is 0 Å². The van der Waals surface area contributed by atoms with Crippen molar-refractivity contribution in [2.45, 2.75) is 12.2 Å². The summed E-state index contributed by atoms with van der Waals surface area (Å²) in [6.45, 7) is -0.486. The summed E-state index contributed by atoms with van der Waals surface area (Å²) in [5.74, 6) is 0. The molecule has 0 radical (unpaired) electrons. The minimum atomic E-state index is -0.901. The Hall–Kier alpha value is -0.175. The number of hydrogen-bond donors (Lipinski definition) is 3. The van der Waals surface area contributed by atoms with Gasteiger partial charge in [-0.15, -0.1) is 0 Å². The van der Waals surface area contributed by atoms with Gasteiger partial charge < -0.3 is 29.3 Å². The van der Waals surface area contributed by atoms with Gasteiger partial charge in [-0.3, -0.25) is 0 Å². The maximum absolute atomic E-state index is 8.67. The highest BCUT2D eigenvalue weighted by Crippen LogP contribution is 2.10. The van der Waals surface area contributed by atoms with Crippen LogP contribution >= 0.6 is 0 Å². The summed E-state index contributed by atoms with van der Waals surface area (Å²) in [5.41, 5.74) is 0. The van der Waals surface area contributed by atoms with Gasteiger partial charge in [-0.05, 0) is 0 Å². The Labute approximate surface area is 76.2 Å². The van der Waals surface area contributed by atoms with Gasteiger partial charge in [0.1, 0.15) is 0 Å². The SMILES string of the molecule is OCC(CO)OB1OCC(CO)O1. The van der Waals surface area contributed by atoms with Crippen LogP contribution in [0.1, 0.15) is 0 Å². The van der Waals surface area contributed by atoms with Crippen LogP contribution in [0.2, 0.25) is 0 Å². The summed E-state index contributed by atoms with van der Waals surface area (Å²) in [5, 5.41) is 26.0. The molecule has 1 saturated heterocycles. The van der Waals surface area contributed by atoms with Gasteiger partial charge in [0.15, 0.2) is 0 Å². The van der Waals surface area contributed by atoms with E-state index in [4.69, 9.17) is 29.3 Å². The Morgan fingerprint density at radius 2 is 2.08 bits per heavy atom. The average molecular weight is 192 g/mol. The van der Waals surface area contributed by atoms with Gasteiger partial charge >= 0.3 is 7.32 Å². The largest absolute Gasteiger partial charge is 0.640 e. The molecule has 1 aliphatic rings. The molecule has 1 rings (SSSR count). The van der Waals surface area contributed by atoms with Crippen molar-refractivity contribution in [2.75, 3.05) is 26.4 Å². The molecule has 76 valence electrons. The van der Waals surface area contributed by atoms with Gasteiger partial charge in [0.2, 0.25) is 0 Å². The lowest BCUT2D eigenvalue weighted by atomic mass is 10.2. The summed E-state index contributed by atoms with van der Waals surface area (Å²) >= 11 is 0. The lowest BCUT2D eigenvalue weighted by Crippen LogP contribution is -2.33. The summed E-state index contributed by atoms with van der Waals surface area (Å²) < 4.78 is 15.0. The maximum atomic E-state index is 8.67. The fourth-order valence-corrected chi connectivity index (χ4v) is 0.890. The van der Waals surface area contributed by atoms with E-state index in [0.717, 1.165) is 0 Å². The fraction of sp³-hybridized carbons (Fsp3) is 1.00. The smallest absolute Gasteiger partial charge is 0.394 e. The van der Waals surface area contributed by atoms with E-state index in [-0.39, 0.29) is 32.5 Å². The first-order valence-corrected chi connectivity index (χ1v) is 4.05. The zero-order valence-corrected chi connectivity index (χ0v) is 7.13. The summed E-state index contributed by atoms with van der Waals surface area (Å²) in [4.78, 5) is 0. The standard InChI is InChI=1S/C6H13BO6/c8-1-5(2-9)12-7-11-4-6(3-10)13-7/h5-6,8-10H,1-4H2. The van der Waals surface area contributed by atoms with Crippen molar-refractivity contribution in [3.63, 3.8) is 0 Å². The predicted octanol–water partition coefficient (Wildman–Crippen LogP) is -2.25. The van der Waals surface area contributed by atoms with Crippen molar-refractivity contribution >= 4 is 7.32 Å². The second kappa shape index (κ2) is 5.53. The molecule has 0 aromatic rings. The minimum absolute atomic E-state index is 0.136. The lowest BCUT2D eigenvalue weighted by molar-refractivity contribution is 0.0223. The highest BCUT2D eigenvalue weighted by atomic mass is 16.8. The van der Waals surface area contributed by atoms with Crippen LogP contribution in [0.4, 0.5) is 0 Å². The molecule has 1 heterocycles. The molecule has 3 N–H and O–H groups in total. The second-order valence-electron chi connectivity index (χ2n) is 2.69. The maximum Gasteiger partial charge on any atom is 0.640 e. The van der Waals surface area contributed by atoms with Crippen molar-refractivity contribution < 1.29 is 29.3 Å². The summed E-state index contributed by atoms with van der Waals surface area (Å²) in [6.07, 6.45) is -1.09. The monoisotopic (exact) mass is 192 g/mol. The Kier molecular flexibility index (Phi) is 4.64. The second-order valence-corrected chi connectivity index (χ2v) is 2.69. The molecule has 1 fully saturated rings. The van der Waals surface area contributed by atoms with Crippen molar-refractivity contribution in [1.29, 1.82) is 0 Å². The molecule has 0 bridgehead atoms. The van der Waals surface area contributed by atoms with Crippen LogP contribution in [0.5, 0.6) is 0 Å². The molecule has 1 unspecified atom stereocenters. The first-order valence-electron chi connectivity index (χ1n) is 4.05. The van der Waals surface area contributed by atoms with Crippen LogP contribution in [-0.4, -0.2) is 61.3 Å². The quantitative estimate of drug-likeness (QED) is 0.426. The first-order chi connectivity index (χ1) is 6.30. The van der Waals surface area contributed by atoms with Crippen molar-refractivity contribution in [3.8, 4) is 0 Å². The van der Waals surface area contributed by atoms with E-state index < -0.39 is 13.4 Å². The number of hydrogen-bond acceptors (Lipinski definition) is 6. The molecule has 0 aromatic heterocycles. The third-order valence-corrected chi connectivity index (χ3v) is 1.64. The van der Waals surface area contributed by atoms with Gasteiger partial charge in [-0.2, -0.15) is 0 Å². The van der Waals surface area contributed by atoms with Crippen molar-refractivity contribution in [1.82, 2.24) is 0 Å². The molecule has 0 spiro atoms. The predicted molar refractivity (Wildman–Crippen MR) is 42.7 cm³/mol. The molecule has 0 aromatic carbocycles. The normalized spacial score (nSPS) is 23.1. The van der Waals surface area contributed by atoms with Crippen molar-refractivity contribution in [2.24, 2.45) is 0 Å². The third kappa shape index (κ3) is 3.22. The molecular formula is C6H13BO6.